The third-order valence-corrected chi connectivity index (χ3v) is 19.7. The second kappa shape index (κ2) is 55.7. The van der Waals surface area contributed by atoms with Crippen LogP contribution in [0, 0.1) is 152 Å². The van der Waals surface area contributed by atoms with Crippen LogP contribution in [-0.4, -0.2) is 128 Å². The molecule has 5 aromatic carbocycles. The number of H-pyrrole nitrogens is 2. The van der Waals surface area contributed by atoms with E-state index in [-0.39, 0.29) is 68.2 Å². The number of aromatic amines is 2. The number of carbonyl (C=O) groups excluding carboxylic acids is 5. The Balaban J connectivity index is 0.000000766. The summed E-state index contributed by atoms with van der Waals surface area (Å²) in [5.74, 6) is 0.751. The molecule has 0 aliphatic rings. The Hall–Kier alpha value is -8.87. The lowest BCUT2D eigenvalue weighted by Gasteiger charge is -2.16. The number of nitrogens with two attached hydrogens (primary N) is 2. The number of Topliss-reactive ketones (excluding diaryl/α,β-unsaturated/α-hetero) is 1. The lowest BCUT2D eigenvalue weighted by Crippen LogP contribution is -2.20. The molecule has 0 aliphatic heterocycles. The molecule has 7 aromatic heterocycles. The highest BCUT2D eigenvalue weighted by Gasteiger charge is 2.25. The molecule has 0 fully saturated rings. The number of allylic oxidation sites excluding steroid dienone is 1. The fraction of sp³-hybridized carbons (Fsp3) is 0.375. The minimum Gasteiger partial charge on any atom is -0.498 e. The number of fused-ring (bicyclic) bond motifs is 3. The van der Waals surface area contributed by atoms with Gasteiger partial charge in [-0.05, 0) is 319 Å². The van der Waals surface area contributed by atoms with Crippen molar-refractivity contribution >= 4 is 189 Å². The predicted octanol–water partition coefficient (Wildman–Crippen LogP) is 25.4. The number of aliphatic hydroxyl groups excluding tert-OH is 1. The van der Waals surface area contributed by atoms with Gasteiger partial charge in [0.1, 0.15) is 57.4 Å². The number of halogens is 9. The van der Waals surface area contributed by atoms with Crippen molar-refractivity contribution in [3.05, 3.63) is 257 Å². The van der Waals surface area contributed by atoms with Gasteiger partial charge in [0, 0.05) is 34.2 Å². The van der Waals surface area contributed by atoms with Crippen molar-refractivity contribution in [1.29, 1.82) is 0 Å². The highest BCUT2D eigenvalue weighted by atomic mass is 36.0. The zero-order valence-corrected chi connectivity index (χ0v) is 87.3. The second-order valence-electron chi connectivity index (χ2n) is 30.4. The average molecular weight is 2020 g/mol. The number of alkyl halides is 1. The summed E-state index contributed by atoms with van der Waals surface area (Å²) in [6, 6.07) is 29.0. The number of esters is 3. The third-order valence-electron chi connectivity index (χ3n) is 18.9. The molecule has 24 nitrogen and oxygen atoms in total. The van der Waals surface area contributed by atoms with Crippen LogP contribution in [0.2, 0.25) is 5.15 Å². The van der Waals surface area contributed by atoms with E-state index in [1.807, 2.05) is 72.1 Å². The molecule has 7 N–H and O–H groups in total. The number of nitrogens with one attached hydrogen (secondary N) is 2. The molecule has 131 heavy (non-hydrogen) atoms. The van der Waals surface area contributed by atoms with Crippen LogP contribution in [0.25, 0.3) is 55.8 Å². The largest absolute Gasteiger partial charge is 0.643 e. The van der Waals surface area contributed by atoms with E-state index in [2.05, 4.69) is 241 Å². The molecule has 0 saturated carbocycles. The van der Waals surface area contributed by atoms with E-state index in [1.54, 1.807) is 40.7 Å². The van der Waals surface area contributed by atoms with Crippen LogP contribution in [0.1, 0.15) is 201 Å². The maximum Gasteiger partial charge on any atom is 0.643 e. The molecule has 0 spiro atoms. The van der Waals surface area contributed by atoms with E-state index in [9.17, 15) is 38.1 Å². The van der Waals surface area contributed by atoms with Gasteiger partial charge in [-0.15, -0.1) is 11.6 Å². The fourth-order valence-corrected chi connectivity index (χ4v) is 14.9. The van der Waals surface area contributed by atoms with Crippen molar-refractivity contribution in [2.75, 3.05) is 50.4 Å². The van der Waals surface area contributed by atoms with Gasteiger partial charge in [0.15, 0.2) is 11.4 Å². The fourth-order valence-electron chi connectivity index (χ4n) is 14.6. The molecule has 12 rings (SSSR count). The number of benzene rings is 5. The molecular weight excluding hydrogens is 1890 g/mol. The standard InChI is InChI=1S/C21H24N2O3.C17H18ClN3.C17H19N3O.C17H22N2O2.C9H13N.C8H14O3.C3H6O2.C2H2Cl2O.2CH4.Al.Cl3OP.3ClH/c1-7-26-21(25)17-15(6)22-20-16(19(17)24)10-14(5)23(20)18-12(3)8-11(2)9-13(18)4;1-9-6-10(2)15(11(3)7-9)21-12(4)8-14-16(18)19-13(5)20-17(14)21;1-9-6-10(2)15(11(3)7-9)20-12(4)8-14-16(20)18-13(5)19-17(14)21;1-6-21-17(20)14-9-13(5)19(16(14)18)15-11(3)7-10(2)8-12(15)4;1-6-4-7(2)9(10)8(3)5-6;1-4-10-7(3)6-8(9)11-5-2;1-3(5)2-4;3-1-2(4)5;;;;1-5(2,3)4;;;/h8-10H,7H2,1-6H3,(H,22,24);6-8H,1-5H3;6-8H,1-5H3,(H,18,19,21);7-9H,6,18H2,1-5H3;4-5H,10H2,1-3H3;6H,4-5H2,1-3H3;4H,2H2,1H3;1H2;2*1H4;;;3*1H/q;;;;;;;;;;+3;;;;/p-3/b;;;;;7-6+;;;;;;;;;. The molecule has 0 atom stereocenters. The van der Waals surface area contributed by atoms with Crippen LogP contribution < -0.4 is 22.5 Å². The maximum absolute atomic E-state index is 13.0. The maximum atomic E-state index is 13.0. The highest BCUT2D eigenvalue weighted by molar-refractivity contribution is 8.24. The first-order valence-electron chi connectivity index (χ1n) is 40.8. The first kappa shape index (κ1) is 120. The van der Waals surface area contributed by atoms with Gasteiger partial charge in [-0.2, -0.15) is 0 Å². The van der Waals surface area contributed by atoms with Gasteiger partial charge in [0.25, 0.3) is 5.56 Å². The van der Waals surface area contributed by atoms with E-state index < -0.39 is 27.8 Å². The number of nitrogens with zero attached hydrogens (tertiary/aromatic N) is 7. The molecule has 12 aromatic rings. The number of pyridine rings is 1. The monoisotopic (exact) mass is 2010 g/mol. The van der Waals surface area contributed by atoms with Crippen molar-refractivity contribution in [2.24, 2.45) is 0 Å². The molecule has 0 bridgehead atoms. The van der Waals surface area contributed by atoms with Crippen LogP contribution in [0.5, 0.6) is 0 Å². The number of aliphatic hydroxyl groups is 1. The normalized spacial score (nSPS) is 10.5. The molecule has 0 radical (unpaired) electrons. The first-order valence-corrected chi connectivity index (χ1v) is 51.7. The van der Waals surface area contributed by atoms with Gasteiger partial charge >= 0.3 is 34.5 Å². The summed E-state index contributed by atoms with van der Waals surface area (Å²) < 4.78 is 37.6. The van der Waals surface area contributed by atoms with Crippen LogP contribution in [-0.2, 0) is 37.9 Å². The topological polar surface area (TPSA) is 336 Å². The van der Waals surface area contributed by atoms with Gasteiger partial charge in [0.05, 0.1) is 77.3 Å². The Morgan fingerprint density at radius 2 is 0.802 bits per heavy atom. The minimum absolute atomic E-state index is 0. The zero-order chi connectivity index (χ0) is 98.6. The number of hydrogen-bond acceptors (Lipinski definition) is 18. The van der Waals surface area contributed by atoms with Gasteiger partial charge in [-0.1, -0.05) is 115 Å². The van der Waals surface area contributed by atoms with Gasteiger partial charge in [-0.25, -0.2) is 59.5 Å². The van der Waals surface area contributed by atoms with Crippen molar-refractivity contribution in [1.82, 2.24) is 43.2 Å². The lowest BCUT2D eigenvalue weighted by atomic mass is 10.0. The van der Waals surface area contributed by atoms with Crippen LogP contribution in [0.15, 0.2) is 106 Å². The molecule has 35 heteroatoms. The van der Waals surface area contributed by atoms with Crippen LogP contribution in [0.3, 0.4) is 0 Å². The van der Waals surface area contributed by atoms with Crippen LogP contribution in [0.4, 0.5) is 11.5 Å². The number of nitrogen functional groups attached to an aromatic ring is 2. The average Bonchev–Trinajstić information content (AvgIpc) is 1.64. The number of anilines is 2. The Kier molecular flexibility index (Phi) is 51.1. The lowest BCUT2D eigenvalue weighted by molar-refractivity contribution is -0.137. The summed E-state index contributed by atoms with van der Waals surface area (Å²) in [4.78, 5) is 98.4. The third kappa shape index (κ3) is 35.8. The minimum atomic E-state index is -3.22. The van der Waals surface area contributed by atoms with Crippen molar-refractivity contribution in [2.45, 2.75) is 209 Å². The Labute approximate surface area is 817 Å². The number of aromatic nitrogens is 9. The number of aryl methyl sites for hydroxylation is 22. The first-order chi connectivity index (χ1) is 60.0. The molecule has 0 aliphatic carbocycles. The quantitative estimate of drug-likeness (QED) is 0.00645. The van der Waals surface area contributed by atoms with E-state index in [0.717, 1.165) is 84.5 Å². The summed E-state index contributed by atoms with van der Waals surface area (Å²) in [6.45, 7) is 56.0. The smallest absolute Gasteiger partial charge is 0.498 e. The highest BCUT2D eigenvalue weighted by Crippen LogP contribution is 2.61. The predicted molar refractivity (Wildman–Crippen MR) is 550 cm³/mol. The number of rotatable bonds is 14. The summed E-state index contributed by atoms with van der Waals surface area (Å²) in [6.07, 6.45) is 1.34. The summed E-state index contributed by atoms with van der Waals surface area (Å²) in [5, 5.41) is 6.61. The second-order valence-corrected chi connectivity index (χ2v) is 44.5. The molecule has 714 valence electrons. The molecule has 0 saturated heterocycles. The number of carbonyl (C=O) groups is 5. The SMILES string of the molecule is C.C.CC(=O)CO.CCOC(=O)/C=C(\C)OCC.CCOC(=O)c1c(C)[nH]c2c(cc(C)n2-c2c(C)cc(C)cc2C)c1=O.CCOC(=O)c1cc(C)n(-c2c(C)cc(C)cc2C)c1N.Cc1cc(C)c(-n2c(C)cc3c(=O)[nH]c(C)nc32)c(C)c1.Cc1cc(C)c(-n2c(C)cc3c(Cl)nc(C)nc32)c(C)c1.Cc1cc(C)c(N)c(C)c1.O=C(Cl)CCl.O=P(Cl)(Cl)Cl.[Cl][Al]([Cl])[Cl]. The Morgan fingerprint density at radius 3 is 1.17 bits per heavy atom. The van der Waals surface area contributed by atoms with E-state index in [4.69, 9.17) is 95.7 Å². The number of ketones is 1. The van der Waals surface area contributed by atoms with Crippen molar-refractivity contribution < 1.29 is 52.6 Å². The van der Waals surface area contributed by atoms with E-state index in [0.29, 0.717) is 75.9 Å². The Bertz CT molecular complexity index is 6080. The van der Waals surface area contributed by atoms with Gasteiger partial charge < -0.3 is 45.5 Å². The molecule has 0 amide bonds. The summed E-state index contributed by atoms with van der Waals surface area (Å²) in [7, 11) is 14.8. The van der Waals surface area contributed by atoms with Crippen molar-refractivity contribution in [3.63, 3.8) is 0 Å². The number of ether oxygens (including phenoxy) is 4. The Morgan fingerprint density at radius 1 is 0.481 bits per heavy atom. The van der Waals surface area contributed by atoms with E-state index in [1.165, 1.54) is 79.9 Å². The zero-order valence-electron chi connectivity index (χ0n) is 78.5. The summed E-state index contributed by atoms with van der Waals surface area (Å²) in [5.41, 5.74) is 42.1. The van der Waals surface area contributed by atoms with Gasteiger partial charge in [-0.3, -0.25) is 42.0 Å². The van der Waals surface area contributed by atoms with E-state index >= 15 is 0 Å². The molecule has 0 unspecified atom stereocenters. The van der Waals surface area contributed by atoms with Gasteiger partial charge in [0.2, 0.25) is 10.7 Å². The number of hydrogen-bond donors (Lipinski definition) is 5. The molecular formula is C96H126AlCl9N11O13P. The summed E-state index contributed by atoms with van der Waals surface area (Å²) >= 11 is 27.9. The van der Waals surface area contributed by atoms with Crippen molar-refractivity contribution in [3.8, 4) is 22.7 Å². The van der Waals surface area contributed by atoms with Crippen LogP contribution >= 0.6 is 104 Å². The molecule has 7 heterocycles.